The average molecular weight is 327 g/mol. The fourth-order valence-electron chi connectivity index (χ4n) is 2.19. The standard InChI is InChI=1S/C16H29N3O4/c1-16(2,3)23-15(22)19-10-8-12(13(20)11-19)17-14(21)7-6-9-18(4)5/h6-7,12-13,20H,8-11H2,1-5H3,(H,17,21)/b7-6+. The molecule has 1 aliphatic heterocycles. The topological polar surface area (TPSA) is 82.1 Å². The van der Waals surface area contributed by atoms with Crippen LogP contribution in [0.2, 0.25) is 0 Å². The molecule has 7 heteroatoms. The van der Waals surface area contributed by atoms with Crippen LogP contribution in [-0.2, 0) is 9.53 Å². The van der Waals surface area contributed by atoms with Gasteiger partial charge in [0.05, 0.1) is 18.7 Å². The van der Waals surface area contributed by atoms with E-state index in [1.165, 1.54) is 11.0 Å². The van der Waals surface area contributed by atoms with Gasteiger partial charge in [-0.25, -0.2) is 4.79 Å². The van der Waals surface area contributed by atoms with Gasteiger partial charge in [-0.05, 0) is 41.3 Å². The van der Waals surface area contributed by atoms with E-state index in [1.807, 2.05) is 19.0 Å². The molecule has 0 bridgehead atoms. The zero-order chi connectivity index (χ0) is 17.6. The number of likely N-dealkylation sites (N-methyl/N-ethyl adjacent to an activating group) is 1. The number of β-amino-alcohol motifs (C(OH)–C–C–N with tert-alkyl or cyclic N) is 1. The van der Waals surface area contributed by atoms with Crippen LogP contribution in [-0.4, -0.2) is 78.4 Å². The predicted molar refractivity (Wildman–Crippen MR) is 88.1 cm³/mol. The summed E-state index contributed by atoms with van der Waals surface area (Å²) in [4.78, 5) is 27.2. The van der Waals surface area contributed by atoms with Crippen molar-refractivity contribution in [2.24, 2.45) is 0 Å². The van der Waals surface area contributed by atoms with Gasteiger partial charge in [0.1, 0.15) is 5.60 Å². The van der Waals surface area contributed by atoms with Crippen molar-refractivity contribution in [3.8, 4) is 0 Å². The summed E-state index contributed by atoms with van der Waals surface area (Å²) in [5.74, 6) is -0.235. The number of likely N-dealkylation sites (tertiary alicyclic amines) is 1. The van der Waals surface area contributed by atoms with Crippen molar-refractivity contribution in [3.63, 3.8) is 0 Å². The number of aliphatic hydroxyl groups is 1. The fourth-order valence-corrected chi connectivity index (χ4v) is 2.19. The van der Waals surface area contributed by atoms with Crippen molar-refractivity contribution < 1.29 is 19.4 Å². The molecule has 0 radical (unpaired) electrons. The van der Waals surface area contributed by atoms with Crippen LogP contribution < -0.4 is 5.32 Å². The molecular weight excluding hydrogens is 298 g/mol. The highest BCUT2D eigenvalue weighted by Gasteiger charge is 2.32. The summed E-state index contributed by atoms with van der Waals surface area (Å²) >= 11 is 0. The highest BCUT2D eigenvalue weighted by molar-refractivity contribution is 5.87. The number of rotatable bonds is 4. The number of nitrogens with one attached hydrogen (secondary N) is 1. The Morgan fingerprint density at radius 3 is 2.57 bits per heavy atom. The normalized spacial score (nSPS) is 22.5. The fraction of sp³-hybridized carbons (Fsp3) is 0.750. The third-order valence-corrected chi connectivity index (χ3v) is 3.30. The summed E-state index contributed by atoms with van der Waals surface area (Å²) in [5.41, 5.74) is -0.565. The van der Waals surface area contributed by atoms with Crippen molar-refractivity contribution in [2.45, 2.75) is 44.9 Å². The maximum absolute atomic E-state index is 12.0. The smallest absolute Gasteiger partial charge is 0.410 e. The summed E-state index contributed by atoms with van der Waals surface area (Å²) in [7, 11) is 3.83. The second-order valence-electron chi connectivity index (χ2n) is 7.06. The molecule has 2 unspecified atom stereocenters. The molecule has 0 aliphatic carbocycles. The minimum Gasteiger partial charge on any atom is -0.444 e. The van der Waals surface area contributed by atoms with Gasteiger partial charge in [-0.15, -0.1) is 0 Å². The monoisotopic (exact) mass is 327 g/mol. The number of nitrogens with zero attached hydrogens (tertiary/aromatic N) is 2. The summed E-state index contributed by atoms with van der Waals surface area (Å²) in [5, 5.41) is 12.9. The Balaban J connectivity index is 2.45. The van der Waals surface area contributed by atoms with Crippen LogP contribution in [0.15, 0.2) is 12.2 Å². The minimum atomic E-state index is -0.803. The van der Waals surface area contributed by atoms with Gasteiger partial charge in [-0.1, -0.05) is 6.08 Å². The Bertz CT molecular complexity index is 443. The van der Waals surface area contributed by atoms with E-state index in [-0.39, 0.29) is 18.5 Å². The van der Waals surface area contributed by atoms with Gasteiger partial charge in [0.15, 0.2) is 0 Å². The van der Waals surface area contributed by atoms with E-state index >= 15 is 0 Å². The molecule has 1 rings (SSSR count). The SMILES string of the molecule is CN(C)C/C=C/C(=O)NC1CCN(C(=O)OC(C)(C)C)CC1O. The van der Waals surface area contributed by atoms with Gasteiger partial charge in [0.2, 0.25) is 5.91 Å². The lowest BCUT2D eigenvalue weighted by Crippen LogP contribution is -2.55. The lowest BCUT2D eigenvalue weighted by Gasteiger charge is -2.36. The van der Waals surface area contributed by atoms with Crippen LogP contribution in [0.4, 0.5) is 4.79 Å². The Morgan fingerprint density at radius 1 is 1.39 bits per heavy atom. The van der Waals surface area contributed by atoms with Crippen LogP contribution in [0, 0.1) is 0 Å². The van der Waals surface area contributed by atoms with Crippen LogP contribution in [0.5, 0.6) is 0 Å². The largest absolute Gasteiger partial charge is 0.444 e. The highest BCUT2D eigenvalue weighted by atomic mass is 16.6. The quantitative estimate of drug-likeness (QED) is 0.739. The molecule has 0 spiro atoms. The summed E-state index contributed by atoms with van der Waals surface area (Å²) in [6, 6.07) is -0.356. The molecule has 1 fully saturated rings. The molecule has 2 N–H and O–H groups in total. The molecule has 7 nitrogen and oxygen atoms in total. The van der Waals surface area contributed by atoms with E-state index in [2.05, 4.69) is 5.32 Å². The zero-order valence-electron chi connectivity index (χ0n) is 14.7. The first-order chi connectivity index (χ1) is 10.6. The second-order valence-corrected chi connectivity index (χ2v) is 7.06. The Morgan fingerprint density at radius 2 is 2.04 bits per heavy atom. The van der Waals surface area contributed by atoms with Crippen LogP contribution in [0.1, 0.15) is 27.2 Å². The van der Waals surface area contributed by atoms with Gasteiger partial charge < -0.3 is 25.0 Å². The minimum absolute atomic E-state index is 0.154. The number of carbonyl (C=O) groups is 2. The van der Waals surface area contributed by atoms with Crippen molar-refractivity contribution in [1.82, 2.24) is 15.1 Å². The third kappa shape index (κ3) is 7.47. The summed E-state index contributed by atoms with van der Waals surface area (Å²) in [6.45, 7) is 6.67. The molecule has 1 heterocycles. The first kappa shape index (κ1) is 19.4. The van der Waals surface area contributed by atoms with E-state index in [9.17, 15) is 14.7 Å². The molecule has 2 atom stereocenters. The van der Waals surface area contributed by atoms with Crippen molar-refractivity contribution in [3.05, 3.63) is 12.2 Å². The maximum Gasteiger partial charge on any atom is 0.410 e. The van der Waals surface area contributed by atoms with Crippen molar-refractivity contribution >= 4 is 12.0 Å². The van der Waals surface area contributed by atoms with Gasteiger partial charge >= 0.3 is 6.09 Å². The number of hydrogen-bond acceptors (Lipinski definition) is 5. The molecule has 132 valence electrons. The van der Waals surface area contributed by atoms with Crippen LogP contribution in [0.3, 0.4) is 0 Å². The number of aliphatic hydroxyl groups excluding tert-OH is 1. The van der Waals surface area contributed by atoms with Crippen LogP contribution in [0.25, 0.3) is 0 Å². The van der Waals surface area contributed by atoms with Crippen LogP contribution >= 0.6 is 0 Å². The van der Waals surface area contributed by atoms with Gasteiger partial charge in [-0.2, -0.15) is 0 Å². The van der Waals surface area contributed by atoms with Gasteiger partial charge in [-0.3, -0.25) is 4.79 Å². The van der Waals surface area contributed by atoms with E-state index in [0.29, 0.717) is 19.5 Å². The zero-order valence-corrected chi connectivity index (χ0v) is 14.7. The number of ether oxygens (including phenoxy) is 1. The van der Waals surface area contributed by atoms with Gasteiger partial charge in [0.25, 0.3) is 0 Å². The molecule has 2 amide bonds. The van der Waals surface area contributed by atoms with E-state index in [4.69, 9.17) is 4.74 Å². The van der Waals surface area contributed by atoms with Crippen molar-refractivity contribution in [2.75, 3.05) is 33.7 Å². The van der Waals surface area contributed by atoms with E-state index < -0.39 is 17.8 Å². The Kier molecular flexibility index (Phi) is 7.02. The number of carbonyl (C=O) groups excluding carboxylic acids is 2. The highest BCUT2D eigenvalue weighted by Crippen LogP contribution is 2.16. The lowest BCUT2D eigenvalue weighted by molar-refractivity contribution is -0.118. The molecule has 23 heavy (non-hydrogen) atoms. The van der Waals surface area contributed by atoms with Gasteiger partial charge in [0, 0.05) is 19.2 Å². The molecule has 1 aliphatic rings. The first-order valence-electron chi connectivity index (χ1n) is 7.86. The lowest BCUT2D eigenvalue weighted by atomic mass is 10.0. The summed E-state index contributed by atoms with van der Waals surface area (Å²) in [6.07, 6.45) is 2.48. The van der Waals surface area contributed by atoms with Crippen molar-refractivity contribution in [1.29, 1.82) is 0 Å². The second kappa shape index (κ2) is 8.31. The maximum atomic E-state index is 12.0. The first-order valence-corrected chi connectivity index (χ1v) is 7.86. The number of piperidine rings is 1. The predicted octanol–water partition coefficient (Wildman–Crippen LogP) is 0.591. The summed E-state index contributed by atoms with van der Waals surface area (Å²) < 4.78 is 5.29. The number of hydrogen-bond donors (Lipinski definition) is 2. The third-order valence-electron chi connectivity index (χ3n) is 3.30. The van der Waals surface area contributed by atoms with E-state index in [0.717, 1.165) is 0 Å². The molecule has 0 aromatic heterocycles. The Labute approximate surface area is 138 Å². The number of amides is 2. The van der Waals surface area contributed by atoms with E-state index in [1.54, 1.807) is 26.8 Å². The molecule has 0 aromatic carbocycles. The molecule has 0 aromatic rings. The molecular formula is C16H29N3O4. The molecule has 0 saturated carbocycles. The average Bonchev–Trinajstić information content (AvgIpc) is 2.38. The Hall–Kier alpha value is -1.60. The molecule has 1 saturated heterocycles.